The van der Waals surface area contributed by atoms with Crippen molar-refractivity contribution in [2.45, 2.75) is 46.1 Å². The minimum absolute atomic E-state index is 0.197. The Balaban J connectivity index is 2.69. The first-order chi connectivity index (χ1) is 7.84. The molecule has 0 aliphatic carbocycles. The number of benzene rings is 1. The van der Waals surface area contributed by atoms with Crippen molar-refractivity contribution >= 4 is 5.69 Å². The van der Waals surface area contributed by atoms with Crippen LogP contribution >= 0.6 is 0 Å². The van der Waals surface area contributed by atoms with Gasteiger partial charge in [-0.25, -0.2) is 0 Å². The van der Waals surface area contributed by atoms with Crippen LogP contribution in [0, 0.1) is 5.92 Å². The number of rotatable bonds is 4. The average Bonchev–Trinajstić information content (AvgIpc) is 2.27. The van der Waals surface area contributed by atoms with Gasteiger partial charge in [0.25, 0.3) is 0 Å². The highest BCUT2D eigenvalue weighted by Crippen LogP contribution is 2.24. The molecule has 1 rings (SSSR count). The lowest BCUT2D eigenvalue weighted by molar-refractivity contribution is 0.226. The van der Waals surface area contributed by atoms with Crippen LogP contribution in [0.1, 0.15) is 40.2 Å². The summed E-state index contributed by atoms with van der Waals surface area (Å²) >= 11 is 0. The van der Waals surface area contributed by atoms with Gasteiger partial charge in [-0.05, 0) is 36.0 Å². The number of aliphatic hydroxyl groups is 1. The van der Waals surface area contributed by atoms with Gasteiger partial charge in [-0.1, -0.05) is 39.8 Å². The van der Waals surface area contributed by atoms with E-state index in [4.69, 9.17) is 5.11 Å². The molecule has 1 aromatic rings. The zero-order valence-corrected chi connectivity index (χ0v) is 11.6. The Morgan fingerprint density at radius 2 is 1.65 bits per heavy atom. The van der Waals surface area contributed by atoms with Crippen LogP contribution in [0.25, 0.3) is 0 Å². The van der Waals surface area contributed by atoms with Crippen molar-refractivity contribution in [1.82, 2.24) is 0 Å². The lowest BCUT2D eigenvalue weighted by Crippen LogP contribution is -2.26. The fourth-order valence-electron chi connectivity index (χ4n) is 1.63. The normalized spacial score (nSPS) is 15.4. The number of hydrogen-bond donors (Lipinski definition) is 2. The zero-order chi connectivity index (χ0) is 13.1. The fraction of sp³-hybridized carbons (Fsp3) is 0.600. The van der Waals surface area contributed by atoms with Gasteiger partial charge in [0.05, 0.1) is 0 Å². The lowest BCUT2D eigenvalue weighted by atomic mass is 9.87. The second kappa shape index (κ2) is 5.54. The summed E-state index contributed by atoms with van der Waals surface area (Å²) in [7, 11) is 0. The van der Waals surface area contributed by atoms with Gasteiger partial charge in [0.1, 0.15) is 0 Å². The molecule has 0 heterocycles. The van der Waals surface area contributed by atoms with E-state index in [0.717, 1.165) is 5.69 Å². The fourth-order valence-corrected chi connectivity index (χ4v) is 1.63. The molecule has 0 bridgehead atoms. The van der Waals surface area contributed by atoms with Crippen molar-refractivity contribution in [1.29, 1.82) is 0 Å². The van der Waals surface area contributed by atoms with E-state index >= 15 is 0 Å². The molecule has 17 heavy (non-hydrogen) atoms. The molecule has 0 radical (unpaired) electrons. The SMILES string of the molecule is C[C@H](CO)[C@@H](C)Nc1ccc(C(C)(C)C)cc1. The molecule has 2 nitrogen and oxygen atoms in total. The smallest absolute Gasteiger partial charge is 0.0476 e. The van der Waals surface area contributed by atoms with Crippen molar-refractivity contribution < 1.29 is 5.11 Å². The van der Waals surface area contributed by atoms with Crippen LogP contribution in [0.15, 0.2) is 24.3 Å². The summed E-state index contributed by atoms with van der Waals surface area (Å²) in [6.07, 6.45) is 0. The van der Waals surface area contributed by atoms with Crippen LogP contribution < -0.4 is 5.32 Å². The summed E-state index contributed by atoms with van der Waals surface area (Å²) in [6.45, 7) is 11.0. The van der Waals surface area contributed by atoms with Crippen molar-refractivity contribution in [3.8, 4) is 0 Å². The maximum absolute atomic E-state index is 9.09. The minimum Gasteiger partial charge on any atom is -0.396 e. The third kappa shape index (κ3) is 4.04. The van der Waals surface area contributed by atoms with Gasteiger partial charge in [0.15, 0.2) is 0 Å². The molecule has 0 fully saturated rings. The van der Waals surface area contributed by atoms with Crippen molar-refractivity contribution in [2.75, 3.05) is 11.9 Å². The average molecular weight is 235 g/mol. The predicted molar refractivity (Wildman–Crippen MR) is 74.5 cm³/mol. The molecule has 2 heteroatoms. The number of aliphatic hydroxyl groups excluding tert-OH is 1. The van der Waals surface area contributed by atoms with E-state index in [1.54, 1.807) is 0 Å². The second-order valence-corrected chi connectivity index (χ2v) is 5.92. The Hall–Kier alpha value is -1.02. The Bertz CT molecular complexity index is 337. The van der Waals surface area contributed by atoms with Crippen LogP contribution in [-0.2, 0) is 5.41 Å². The van der Waals surface area contributed by atoms with E-state index in [9.17, 15) is 0 Å². The largest absolute Gasteiger partial charge is 0.396 e. The number of anilines is 1. The third-order valence-electron chi connectivity index (χ3n) is 3.29. The van der Waals surface area contributed by atoms with Crippen molar-refractivity contribution in [2.24, 2.45) is 5.92 Å². The van der Waals surface area contributed by atoms with Gasteiger partial charge < -0.3 is 10.4 Å². The molecule has 2 atom stereocenters. The Kier molecular flexibility index (Phi) is 4.58. The molecule has 0 saturated heterocycles. The molecule has 0 aromatic heterocycles. The maximum atomic E-state index is 9.09. The zero-order valence-electron chi connectivity index (χ0n) is 11.6. The topological polar surface area (TPSA) is 32.3 Å². The molecule has 2 N–H and O–H groups in total. The monoisotopic (exact) mass is 235 g/mol. The van der Waals surface area contributed by atoms with Gasteiger partial charge in [-0.2, -0.15) is 0 Å². The Morgan fingerprint density at radius 3 is 2.06 bits per heavy atom. The molecule has 1 aromatic carbocycles. The highest BCUT2D eigenvalue weighted by atomic mass is 16.3. The highest BCUT2D eigenvalue weighted by Gasteiger charge is 2.14. The second-order valence-electron chi connectivity index (χ2n) is 5.92. The minimum atomic E-state index is 0.197. The maximum Gasteiger partial charge on any atom is 0.0476 e. The molecule has 0 amide bonds. The van der Waals surface area contributed by atoms with Gasteiger partial charge in [0, 0.05) is 18.3 Å². The first kappa shape index (κ1) is 14.0. The van der Waals surface area contributed by atoms with Crippen LogP contribution in [-0.4, -0.2) is 17.8 Å². The van der Waals surface area contributed by atoms with E-state index in [0.29, 0.717) is 0 Å². The third-order valence-corrected chi connectivity index (χ3v) is 3.29. The van der Waals surface area contributed by atoms with Crippen LogP contribution in [0.2, 0.25) is 0 Å². The molecule has 0 saturated carbocycles. The van der Waals surface area contributed by atoms with Crippen molar-refractivity contribution in [3.63, 3.8) is 0 Å². The quantitative estimate of drug-likeness (QED) is 0.838. The van der Waals surface area contributed by atoms with Crippen LogP contribution in [0.5, 0.6) is 0 Å². The molecule has 0 aliphatic heterocycles. The number of hydrogen-bond acceptors (Lipinski definition) is 2. The molecule has 96 valence electrons. The number of nitrogens with one attached hydrogen (secondary N) is 1. The molecular weight excluding hydrogens is 210 g/mol. The van der Waals surface area contributed by atoms with E-state index < -0.39 is 0 Å². The van der Waals surface area contributed by atoms with E-state index in [1.165, 1.54) is 5.56 Å². The van der Waals surface area contributed by atoms with E-state index in [2.05, 4.69) is 57.3 Å². The molecule has 0 spiro atoms. The summed E-state index contributed by atoms with van der Waals surface area (Å²) < 4.78 is 0. The van der Waals surface area contributed by atoms with Gasteiger partial charge in [-0.15, -0.1) is 0 Å². The summed E-state index contributed by atoms with van der Waals surface area (Å²) in [5.41, 5.74) is 2.65. The van der Waals surface area contributed by atoms with E-state index in [-0.39, 0.29) is 24.0 Å². The molecule has 0 unspecified atom stereocenters. The van der Waals surface area contributed by atoms with Crippen LogP contribution in [0.3, 0.4) is 0 Å². The summed E-state index contributed by atoms with van der Waals surface area (Å²) in [6, 6.07) is 8.83. The van der Waals surface area contributed by atoms with Gasteiger partial charge in [0.2, 0.25) is 0 Å². The molecule has 0 aliphatic rings. The summed E-state index contributed by atoms with van der Waals surface area (Å²) in [5, 5.41) is 12.5. The summed E-state index contributed by atoms with van der Waals surface area (Å²) in [5.74, 6) is 0.261. The van der Waals surface area contributed by atoms with Gasteiger partial charge >= 0.3 is 0 Å². The van der Waals surface area contributed by atoms with E-state index in [1.807, 2.05) is 6.92 Å². The Labute approximate surface area is 105 Å². The Morgan fingerprint density at radius 1 is 1.12 bits per heavy atom. The predicted octanol–water partition coefficient (Wildman–Crippen LogP) is 3.41. The standard InChI is InChI=1S/C15H25NO/c1-11(10-17)12(2)16-14-8-6-13(7-9-14)15(3,4)5/h6-9,11-12,16-17H,10H2,1-5H3/t11-,12-/m1/s1. The highest BCUT2D eigenvalue weighted by molar-refractivity contribution is 5.46. The lowest BCUT2D eigenvalue weighted by Gasteiger charge is -2.22. The molecular formula is C15H25NO. The summed E-state index contributed by atoms with van der Waals surface area (Å²) in [4.78, 5) is 0. The van der Waals surface area contributed by atoms with Gasteiger partial charge in [-0.3, -0.25) is 0 Å². The van der Waals surface area contributed by atoms with Crippen LogP contribution in [0.4, 0.5) is 5.69 Å². The van der Waals surface area contributed by atoms with Crippen molar-refractivity contribution in [3.05, 3.63) is 29.8 Å². The first-order valence-electron chi connectivity index (χ1n) is 6.32. The first-order valence-corrected chi connectivity index (χ1v) is 6.32.